The molecule has 1 aromatic heterocycles. The van der Waals surface area contributed by atoms with Gasteiger partial charge in [-0.15, -0.1) is 11.3 Å². The molecule has 1 unspecified atom stereocenters. The number of benzene rings is 1. The summed E-state index contributed by atoms with van der Waals surface area (Å²) in [4.78, 5) is 1.69. The van der Waals surface area contributed by atoms with Crippen LogP contribution in [0.25, 0.3) is 0 Å². The van der Waals surface area contributed by atoms with E-state index in [0.717, 1.165) is 17.2 Å². The van der Waals surface area contributed by atoms with Gasteiger partial charge in [0.25, 0.3) is 0 Å². The van der Waals surface area contributed by atoms with Crippen LogP contribution in [0.2, 0.25) is 0 Å². The van der Waals surface area contributed by atoms with Gasteiger partial charge in [-0.3, -0.25) is 0 Å². The van der Waals surface area contributed by atoms with Crippen molar-refractivity contribution in [2.45, 2.75) is 11.0 Å². The van der Waals surface area contributed by atoms with Crippen molar-refractivity contribution in [1.82, 2.24) is 0 Å². The SMILES string of the molecule is CN(CC1COc2cscc2O1)c1ccc(S(=O)(=O)[O-])cc1.[K+]. The molecule has 3 rings (SSSR count). The van der Waals surface area contributed by atoms with Gasteiger partial charge in [0.1, 0.15) is 16.7 Å². The standard InChI is InChI=1S/C14H15NO5S2.K/c1-15(10-2-4-12(5-3-10)22(16,17)18)6-11-7-19-13-8-21-9-14(13)20-11;/h2-5,8-9,11H,6-7H2,1H3,(H,16,17,18);/q;+1/p-1. The molecular weight excluding hydrogens is 365 g/mol. The average Bonchev–Trinajstić information content (AvgIpc) is 2.94. The molecule has 1 aliphatic rings. The fourth-order valence-corrected chi connectivity index (χ4v) is 3.37. The summed E-state index contributed by atoms with van der Waals surface area (Å²) < 4.78 is 44.2. The van der Waals surface area contributed by atoms with Crippen molar-refractivity contribution in [3.05, 3.63) is 35.0 Å². The van der Waals surface area contributed by atoms with Gasteiger partial charge in [-0.05, 0) is 24.3 Å². The van der Waals surface area contributed by atoms with Crippen LogP contribution in [-0.2, 0) is 10.1 Å². The minimum Gasteiger partial charge on any atom is -0.744 e. The van der Waals surface area contributed by atoms with E-state index in [9.17, 15) is 13.0 Å². The zero-order valence-corrected chi connectivity index (χ0v) is 17.5. The van der Waals surface area contributed by atoms with E-state index < -0.39 is 10.1 Å². The van der Waals surface area contributed by atoms with E-state index in [1.165, 1.54) is 23.5 Å². The zero-order valence-electron chi connectivity index (χ0n) is 12.8. The van der Waals surface area contributed by atoms with Gasteiger partial charge in [0.2, 0.25) is 0 Å². The van der Waals surface area contributed by atoms with Gasteiger partial charge in [-0.2, -0.15) is 0 Å². The summed E-state index contributed by atoms with van der Waals surface area (Å²) in [5, 5.41) is 3.80. The quantitative estimate of drug-likeness (QED) is 0.497. The Kier molecular flexibility index (Phi) is 6.54. The van der Waals surface area contributed by atoms with Crippen LogP contribution in [0.5, 0.6) is 11.5 Å². The van der Waals surface area contributed by atoms with E-state index in [0.29, 0.717) is 13.2 Å². The molecule has 0 saturated heterocycles. The Morgan fingerprint density at radius 1 is 1.26 bits per heavy atom. The molecule has 23 heavy (non-hydrogen) atoms. The number of anilines is 1. The number of fused-ring (bicyclic) bond motifs is 1. The topological polar surface area (TPSA) is 78.9 Å². The third kappa shape index (κ3) is 4.70. The van der Waals surface area contributed by atoms with Crippen LogP contribution in [-0.4, -0.2) is 39.3 Å². The van der Waals surface area contributed by atoms with Crippen molar-refractivity contribution in [1.29, 1.82) is 0 Å². The van der Waals surface area contributed by atoms with Crippen LogP contribution in [0.3, 0.4) is 0 Å². The van der Waals surface area contributed by atoms with Crippen molar-refractivity contribution in [2.75, 3.05) is 25.1 Å². The molecule has 1 aromatic carbocycles. The Morgan fingerprint density at radius 3 is 2.57 bits per heavy atom. The second-order valence-corrected chi connectivity index (χ2v) is 7.10. The third-order valence-electron chi connectivity index (χ3n) is 3.36. The molecule has 118 valence electrons. The van der Waals surface area contributed by atoms with Crippen LogP contribution >= 0.6 is 11.3 Å². The molecular formula is C14H14KNO5S2. The molecule has 0 bridgehead atoms. The van der Waals surface area contributed by atoms with Gasteiger partial charge in [-0.1, -0.05) is 0 Å². The smallest absolute Gasteiger partial charge is 0.744 e. The average molecular weight is 380 g/mol. The second kappa shape index (κ2) is 7.83. The fraction of sp³-hybridized carbons (Fsp3) is 0.286. The van der Waals surface area contributed by atoms with Gasteiger partial charge in [0, 0.05) is 23.5 Å². The minimum atomic E-state index is -4.41. The minimum absolute atomic E-state index is 0. The van der Waals surface area contributed by atoms with Gasteiger partial charge < -0.3 is 18.9 Å². The molecule has 2 aromatic rings. The first-order chi connectivity index (χ1) is 10.4. The summed E-state index contributed by atoms with van der Waals surface area (Å²) in [5.74, 6) is 1.52. The van der Waals surface area contributed by atoms with Gasteiger partial charge in [0.15, 0.2) is 17.6 Å². The van der Waals surface area contributed by atoms with E-state index in [2.05, 4.69) is 0 Å². The molecule has 0 spiro atoms. The maximum Gasteiger partial charge on any atom is 1.00 e. The molecule has 1 aliphatic heterocycles. The Hall–Kier alpha value is -0.134. The number of likely N-dealkylation sites (N-methyl/N-ethyl adjacent to an activating group) is 1. The summed E-state index contributed by atoms with van der Waals surface area (Å²) in [6.45, 7) is 1.04. The number of rotatable bonds is 4. The molecule has 0 fully saturated rings. The number of ether oxygens (including phenoxy) is 2. The Labute approximate surface area is 181 Å². The Bertz CT molecular complexity index is 760. The molecule has 0 N–H and O–H groups in total. The first-order valence-electron chi connectivity index (χ1n) is 6.56. The predicted molar refractivity (Wildman–Crippen MR) is 81.9 cm³/mol. The van der Waals surface area contributed by atoms with Crippen molar-refractivity contribution in [2.24, 2.45) is 0 Å². The van der Waals surface area contributed by atoms with Gasteiger partial charge >= 0.3 is 51.4 Å². The second-order valence-electron chi connectivity index (χ2n) is 4.98. The van der Waals surface area contributed by atoms with Crippen molar-refractivity contribution >= 4 is 27.1 Å². The van der Waals surface area contributed by atoms with Crippen molar-refractivity contribution < 1.29 is 73.8 Å². The van der Waals surface area contributed by atoms with Crippen LogP contribution in [0.1, 0.15) is 0 Å². The van der Waals surface area contributed by atoms with Crippen LogP contribution in [0.15, 0.2) is 39.9 Å². The largest absolute Gasteiger partial charge is 1.00 e. The Morgan fingerprint density at radius 2 is 1.91 bits per heavy atom. The van der Waals surface area contributed by atoms with E-state index >= 15 is 0 Å². The molecule has 0 radical (unpaired) electrons. The first kappa shape index (κ1) is 19.2. The fourth-order valence-electron chi connectivity index (χ4n) is 2.23. The number of hydrogen-bond donors (Lipinski definition) is 0. The summed E-state index contributed by atoms with van der Waals surface area (Å²) in [5.41, 5.74) is 0.798. The van der Waals surface area contributed by atoms with E-state index in [-0.39, 0.29) is 62.4 Å². The summed E-state index contributed by atoms with van der Waals surface area (Å²) in [6, 6.07) is 5.82. The first-order valence-corrected chi connectivity index (χ1v) is 8.91. The monoisotopic (exact) mass is 379 g/mol. The van der Waals surface area contributed by atoms with Crippen LogP contribution in [0.4, 0.5) is 5.69 Å². The summed E-state index contributed by atoms with van der Waals surface area (Å²) in [6.07, 6.45) is -0.116. The van der Waals surface area contributed by atoms with Gasteiger partial charge in [0.05, 0.1) is 11.4 Å². The molecule has 0 saturated carbocycles. The van der Waals surface area contributed by atoms with Crippen molar-refractivity contribution in [3.8, 4) is 11.5 Å². The van der Waals surface area contributed by atoms with E-state index in [4.69, 9.17) is 9.47 Å². The van der Waals surface area contributed by atoms with E-state index in [1.54, 1.807) is 12.1 Å². The molecule has 0 aliphatic carbocycles. The number of nitrogens with zero attached hydrogens (tertiary/aromatic N) is 1. The summed E-state index contributed by atoms with van der Waals surface area (Å²) in [7, 11) is -2.54. The number of thiophene rings is 1. The van der Waals surface area contributed by atoms with E-state index in [1.807, 2.05) is 22.7 Å². The molecule has 6 nitrogen and oxygen atoms in total. The van der Waals surface area contributed by atoms with Gasteiger partial charge in [-0.25, -0.2) is 8.42 Å². The maximum absolute atomic E-state index is 10.9. The molecule has 2 heterocycles. The van der Waals surface area contributed by atoms with Crippen LogP contribution in [0, 0.1) is 0 Å². The normalized spacial score (nSPS) is 16.5. The molecule has 1 atom stereocenters. The number of hydrogen-bond acceptors (Lipinski definition) is 7. The zero-order chi connectivity index (χ0) is 15.7. The van der Waals surface area contributed by atoms with Crippen molar-refractivity contribution in [3.63, 3.8) is 0 Å². The third-order valence-corrected chi connectivity index (χ3v) is 4.90. The van der Waals surface area contributed by atoms with Crippen LogP contribution < -0.4 is 65.8 Å². The molecule has 9 heteroatoms. The maximum atomic E-state index is 10.9. The summed E-state index contributed by atoms with van der Waals surface area (Å²) >= 11 is 1.53. The predicted octanol–water partition coefficient (Wildman–Crippen LogP) is -1.07. The Balaban J connectivity index is 0.00000192. The molecule has 0 amide bonds.